The summed E-state index contributed by atoms with van der Waals surface area (Å²) in [5, 5.41) is 17.6. The molecule has 1 aliphatic heterocycles. The maximum absolute atomic E-state index is 12.8. The highest BCUT2D eigenvalue weighted by molar-refractivity contribution is 7.12. The van der Waals surface area contributed by atoms with Gasteiger partial charge in [-0.1, -0.05) is 26.8 Å². The molecule has 0 spiro atoms. The Labute approximate surface area is 196 Å². The Balaban J connectivity index is 1.58. The summed E-state index contributed by atoms with van der Waals surface area (Å²) in [6.45, 7) is 10.1. The van der Waals surface area contributed by atoms with Gasteiger partial charge < -0.3 is 20.6 Å². The molecule has 1 fully saturated rings. The van der Waals surface area contributed by atoms with Crippen molar-refractivity contribution in [3.8, 4) is 5.75 Å². The third kappa shape index (κ3) is 4.73. The number of anilines is 3. The van der Waals surface area contributed by atoms with E-state index < -0.39 is 0 Å². The Hall–Kier alpha value is -2.65. The van der Waals surface area contributed by atoms with Crippen LogP contribution >= 0.6 is 23.1 Å². The summed E-state index contributed by atoms with van der Waals surface area (Å²) in [4.78, 5) is 17.1. The zero-order valence-electron chi connectivity index (χ0n) is 18.8. The number of rotatable bonds is 6. The summed E-state index contributed by atoms with van der Waals surface area (Å²) in [6, 6.07) is 9.49. The van der Waals surface area contributed by atoms with Crippen LogP contribution < -0.4 is 10.6 Å². The van der Waals surface area contributed by atoms with Crippen LogP contribution in [0.25, 0.3) is 0 Å². The first kappa shape index (κ1) is 22.5. The Morgan fingerprint density at radius 3 is 2.50 bits per heavy atom. The number of nitrogens with zero attached hydrogens (tertiary/aromatic N) is 3. The van der Waals surface area contributed by atoms with Gasteiger partial charge in [0.25, 0.3) is 5.91 Å². The first-order chi connectivity index (χ1) is 15.2. The molecule has 170 valence electrons. The molecule has 1 aliphatic rings. The number of carbonyl (C=O) groups excluding carboxylic acids is 1. The second-order valence-corrected chi connectivity index (χ2v) is 11.0. The van der Waals surface area contributed by atoms with Gasteiger partial charge in [-0.3, -0.25) is 4.79 Å². The number of aromatic hydroxyl groups is 1. The van der Waals surface area contributed by atoms with Crippen LogP contribution in [-0.2, 0) is 0 Å². The fourth-order valence-electron chi connectivity index (χ4n) is 3.86. The normalized spacial score (nSPS) is 15.1. The molecule has 0 saturated carbocycles. The van der Waals surface area contributed by atoms with Crippen molar-refractivity contribution in [3.05, 3.63) is 45.6 Å². The van der Waals surface area contributed by atoms with E-state index in [1.54, 1.807) is 34.4 Å². The van der Waals surface area contributed by atoms with Gasteiger partial charge in [-0.05, 0) is 49.4 Å². The number of nitrogens with one attached hydrogen (secondary N) is 2. The molecule has 9 heteroatoms. The lowest BCUT2D eigenvalue weighted by atomic mass is 9.86. The topological polar surface area (TPSA) is 90.4 Å². The molecule has 2 aromatic heterocycles. The number of benzene rings is 1. The average molecular weight is 472 g/mol. The number of aryl methyl sites for hydroxylation is 1. The number of amides is 1. The molecule has 1 aromatic carbocycles. The summed E-state index contributed by atoms with van der Waals surface area (Å²) in [6.07, 6.45) is 2.01. The van der Waals surface area contributed by atoms with Crippen molar-refractivity contribution >= 4 is 46.3 Å². The smallest absolute Gasteiger partial charge is 0.257 e. The number of likely N-dealkylation sites (tertiary alicyclic amines) is 1. The van der Waals surface area contributed by atoms with Crippen LogP contribution in [-0.4, -0.2) is 37.8 Å². The van der Waals surface area contributed by atoms with E-state index in [0.717, 1.165) is 37.7 Å². The van der Waals surface area contributed by atoms with E-state index in [0.29, 0.717) is 22.9 Å². The van der Waals surface area contributed by atoms with Gasteiger partial charge >= 0.3 is 0 Å². The summed E-state index contributed by atoms with van der Waals surface area (Å²) in [7, 11) is 0. The average Bonchev–Trinajstić information content (AvgIpc) is 3.49. The quantitative estimate of drug-likeness (QED) is 0.394. The van der Waals surface area contributed by atoms with Crippen LogP contribution in [0.5, 0.6) is 5.75 Å². The maximum atomic E-state index is 12.8. The standard InChI is InChI=1S/C23H29N5O2S2/c1-14-10-11-17(31-14)19(23(2,3)4)25-21-20(26-32-27-21)24-16-9-7-8-15(18(16)29)22(30)28-12-5-6-13-28/h7-11,19,29H,5-6,12-13H2,1-4H3,(H,24,26)(H,25,27)/t19-/m0/s1. The number of phenolic OH excluding ortho intramolecular Hbond substituents is 1. The molecule has 3 heterocycles. The van der Waals surface area contributed by atoms with Gasteiger partial charge in [-0.25, -0.2) is 0 Å². The SMILES string of the molecule is Cc1ccc([C@H](Nc2nsnc2Nc2cccc(C(=O)N3CCCC3)c2O)C(C)(C)C)s1. The molecule has 3 N–H and O–H groups in total. The number of hydrogen-bond acceptors (Lipinski definition) is 8. The minimum Gasteiger partial charge on any atom is -0.505 e. The van der Waals surface area contributed by atoms with E-state index >= 15 is 0 Å². The van der Waals surface area contributed by atoms with Crippen LogP contribution in [0, 0.1) is 12.3 Å². The first-order valence-corrected chi connectivity index (χ1v) is 12.3. The molecular formula is C23H29N5O2S2. The molecule has 7 nitrogen and oxygen atoms in total. The zero-order chi connectivity index (χ0) is 22.9. The number of hydrogen-bond donors (Lipinski definition) is 3. The molecular weight excluding hydrogens is 442 g/mol. The predicted molar refractivity (Wildman–Crippen MR) is 131 cm³/mol. The zero-order valence-corrected chi connectivity index (χ0v) is 20.4. The number of para-hydroxylation sites is 1. The fraction of sp³-hybridized carbons (Fsp3) is 0.435. The van der Waals surface area contributed by atoms with Crippen molar-refractivity contribution in [2.45, 2.75) is 46.6 Å². The second kappa shape index (κ2) is 9.07. The maximum Gasteiger partial charge on any atom is 0.257 e. The number of aromatic nitrogens is 2. The van der Waals surface area contributed by atoms with E-state index in [2.05, 4.69) is 59.2 Å². The monoisotopic (exact) mass is 471 g/mol. The van der Waals surface area contributed by atoms with E-state index in [1.807, 2.05) is 0 Å². The first-order valence-electron chi connectivity index (χ1n) is 10.8. The minimum absolute atomic E-state index is 0.0438. The van der Waals surface area contributed by atoms with Crippen molar-refractivity contribution in [3.63, 3.8) is 0 Å². The highest BCUT2D eigenvalue weighted by Crippen LogP contribution is 2.41. The van der Waals surface area contributed by atoms with Crippen LogP contribution in [0.4, 0.5) is 17.3 Å². The van der Waals surface area contributed by atoms with Gasteiger partial charge in [-0.15, -0.1) is 11.3 Å². The molecule has 1 atom stereocenters. The highest BCUT2D eigenvalue weighted by Gasteiger charge is 2.29. The molecule has 0 aliphatic carbocycles. The van der Waals surface area contributed by atoms with E-state index in [1.165, 1.54) is 9.75 Å². The van der Waals surface area contributed by atoms with Crippen molar-refractivity contribution < 1.29 is 9.90 Å². The Morgan fingerprint density at radius 1 is 1.12 bits per heavy atom. The van der Waals surface area contributed by atoms with Gasteiger partial charge in [0.05, 0.1) is 29.0 Å². The van der Waals surface area contributed by atoms with Gasteiger partial charge in [0.1, 0.15) is 0 Å². The van der Waals surface area contributed by atoms with Gasteiger partial charge in [0.2, 0.25) is 0 Å². The largest absolute Gasteiger partial charge is 0.505 e. The van der Waals surface area contributed by atoms with Crippen LogP contribution in [0.15, 0.2) is 30.3 Å². The van der Waals surface area contributed by atoms with E-state index in [4.69, 9.17) is 0 Å². The summed E-state index contributed by atoms with van der Waals surface area (Å²) >= 11 is 2.86. The number of thiophene rings is 1. The van der Waals surface area contributed by atoms with Gasteiger partial charge in [-0.2, -0.15) is 8.75 Å². The van der Waals surface area contributed by atoms with Crippen molar-refractivity contribution in [2.24, 2.45) is 5.41 Å². The van der Waals surface area contributed by atoms with Crippen molar-refractivity contribution in [2.75, 3.05) is 23.7 Å². The lowest BCUT2D eigenvalue weighted by Crippen LogP contribution is -2.27. The van der Waals surface area contributed by atoms with Crippen LogP contribution in [0.3, 0.4) is 0 Å². The predicted octanol–water partition coefficient (Wildman–Crippen LogP) is 5.79. The summed E-state index contributed by atoms with van der Waals surface area (Å²) < 4.78 is 8.85. The van der Waals surface area contributed by atoms with Crippen molar-refractivity contribution in [1.29, 1.82) is 0 Å². The lowest BCUT2D eigenvalue weighted by molar-refractivity contribution is 0.0790. The molecule has 1 saturated heterocycles. The molecule has 0 radical (unpaired) electrons. The van der Waals surface area contributed by atoms with Crippen molar-refractivity contribution in [1.82, 2.24) is 13.6 Å². The van der Waals surface area contributed by atoms with E-state index in [-0.39, 0.29) is 23.1 Å². The second-order valence-electron chi connectivity index (χ2n) is 9.18. The molecule has 1 amide bonds. The van der Waals surface area contributed by atoms with Crippen LogP contribution in [0.1, 0.15) is 59.8 Å². The molecule has 4 rings (SSSR count). The third-order valence-electron chi connectivity index (χ3n) is 5.59. The molecule has 3 aromatic rings. The lowest BCUT2D eigenvalue weighted by Gasteiger charge is -2.31. The highest BCUT2D eigenvalue weighted by atomic mass is 32.1. The Bertz CT molecular complexity index is 1100. The molecule has 0 bridgehead atoms. The Morgan fingerprint density at radius 2 is 1.84 bits per heavy atom. The number of phenols is 1. The molecule has 32 heavy (non-hydrogen) atoms. The summed E-state index contributed by atoms with van der Waals surface area (Å²) in [5.41, 5.74) is 0.684. The van der Waals surface area contributed by atoms with E-state index in [9.17, 15) is 9.90 Å². The third-order valence-corrected chi connectivity index (χ3v) is 7.19. The Kier molecular flexibility index (Phi) is 6.39. The number of carbonyl (C=O) groups is 1. The van der Waals surface area contributed by atoms with Gasteiger partial charge in [0, 0.05) is 22.8 Å². The minimum atomic E-state index is -0.140. The van der Waals surface area contributed by atoms with Gasteiger partial charge in [0.15, 0.2) is 17.4 Å². The molecule has 0 unspecified atom stereocenters. The summed E-state index contributed by atoms with van der Waals surface area (Å²) in [5.74, 6) is 0.944. The van der Waals surface area contributed by atoms with Crippen LogP contribution in [0.2, 0.25) is 0 Å². The fourth-order valence-corrected chi connectivity index (χ4v) is 5.51.